The molecule has 3 nitrogen and oxygen atoms in total. The van der Waals surface area contributed by atoms with Crippen molar-refractivity contribution in [2.75, 3.05) is 0 Å². The molecule has 0 radical (unpaired) electrons. The number of nitrogens with zero attached hydrogens (tertiary/aromatic N) is 1. The topological polar surface area (TPSA) is 53.4 Å². The summed E-state index contributed by atoms with van der Waals surface area (Å²) in [4.78, 5) is 4.03. The normalized spacial score (nSPS) is 15.9. The summed E-state index contributed by atoms with van der Waals surface area (Å²) in [5.74, 6) is 0. The Labute approximate surface area is 77.4 Å². The van der Waals surface area contributed by atoms with Crippen molar-refractivity contribution in [3.8, 4) is 0 Å². The van der Waals surface area contributed by atoms with Gasteiger partial charge >= 0.3 is 0 Å². The van der Waals surface area contributed by atoms with Crippen LogP contribution in [-0.2, 0) is 0 Å². The molecule has 1 heterocycles. The van der Waals surface area contributed by atoms with Crippen molar-refractivity contribution in [2.45, 2.75) is 19.1 Å². The minimum Gasteiger partial charge on any atom is -0.390 e. The molecular formula is C10H13NO2. The van der Waals surface area contributed by atoms with E-state index >= 15 is 0 Å². The molecule has 0 bridgehead atoms. The molecular weight excluding hydrogens is 166 g/mol. The first-order valence-corrected chi connectivity index (χ1v) is 4.15. The molecule has 2 atom stereocenters. The van der Waals surface area contributed by atoms with Crippen LogP contribution in [0.4, 0.5) is 0 Å². The molecule has 0 aromatic carbocycles. The highest BCUT2D eigenvalue weighted by molar-refractivity contribution is 5.44. The predicted octanol–water partition coefficient (Wildman–Crippen LogP) is 0.836. The Kier molecular flexibility index (Phi) is 3.61. The van der Waals surface area contributed by atoms with Gasteiger partial charge in [0.25, 0.3) is 0 Å². The van der Waals surface area contributed by atoms with Crippen LogP contribution in [0.2, 0.25) is 0 Å². The van der Waals surface area contributed by atoms with E-state index in [-0.39, 0.29) is 0 Å². The lowest BCUT2D eigenvalue weighted by Gasteiger charge is -2.07. The molecule has 1 rings (SSSR count). The molecule has 0 unspecified atom stereocenters. The van der Waals surface area contributed by atoms with Crippen LogP contribution in [0.3, 0.4) is 0 Å². The van der Waals surface area contributed by atoms with Gasteiger partial charge in [0.1, 0.15) is 0 Å². The SMILES string of the molecule is C[C@H](O)[C@H](O)/C=C/c1ccccn1. The second kappa shape index (κ2) is 4.74. The third-order valence-electron chi connectivity index (χ3n) is 1.65. The van der Waals surface area contributed by atoms with E-state index in [4.69, 9.17) is 5.11 Å². The number of aromatic nitrogens is 1. The smallest absolute Gasteiger partial charge is 0.0980 e. The summed E-state index contributed by atoms with van der Waals surface area (Å²) in [5, 5.41) is 18.2. The molecule has 0 spiro atoms. The lowest BCUT2D eigenvalue weighted by Crippen LogP contribution is -2.19. The molecule has 0 fully saturated rings. The Balaban J connectivity index is 2.59. The lowest BCUT2D eigenvalue weighted by atomic mass is 10.2. The number of pyridine rings is 1. The molecule has 0 aliphatic carbocycles. The second-order valence-corrected chi connectivity index (χ2v) is 2.84. The molecule has 13 heavy (non-hydrogen) atoms. The molecule has 0 saturated heterocycles. The van der Waals surface area contributed by atoms with E-state index in [9.17, 15) is 5.11 Å². The Morgan fingerprint density at radius 2 is 2.15 bits per heavy atom. The zero-order valence-corrected chi connectivity index (χ0v) is 7.46. The van der Waals surface area contributed by atoms with Gasteiger partial charge in [0.05, 0.1) is 17.9 Å². The Hall–Kier alpha value is -1.19. The average molecular weight is 179 g/mol. The second-order valence-electron chi connectivity index (χ2n) is 2.84. The van der Waals surface area contributed by atoms with Crippen molar-refractivity contribution in [1.82, 2.24) is 4.98 Å². The summed E-state index contributed by atoms with van der Waals surface area (Å²) in [6, 6.07) is 5.51. The highest BCUT2D eigenvalue weighted by Gasteiger charge is 2.05. The van der Waals surface area contributed by atoms with E-state index in [1.807, 2.05) is 18.2 Å². The van der Waals surface area contributed by atoms with Crippen LogP contribution in [0.5, 0.6) is 0 Å². The van der Waals surface area contributed by atoms with E-state index in [2.05, 4.69) is 4.98 Å². The van der Waals surface area contributed by atoms with E-state index in [0.717, 1.165) is 5.69 Å². The molecule has 1 aromatic rings. The summed E-state index contributed by atoms with van der Waals surface area (Å²) in [5.41, 5.74) is 0.766. The number of aliphatic hydroxyl groups is 2. The van der Waals surface area contributed by atoms with Crippen molar-refractivity contribution in [3.63, 3.8) is 0 Å². The Morgan fingerprint density at radius 1 is 1.38 bits per heavy atom. The maximum atomic E-state index is 9.22. The van der Waals surface area contributed by atoms with Crippen molar-refractivity contribution < 1.29 is 10.2 Å². The fourth-order valence-corrected chi connectivity index (χ4v) is 0.833. The fourth-order valence-electron chi connectivity index (χ4n) is 0.833. The average Bonchev–Trinajstić information content (AvgIpc) is 2.15. The maximum Gasteiger partial charge on any atom is 0.0980 e. The van der Waals surface area contributed by atoms with Crippen molar-refractivity contribution in [2.24, 2.45) is 0 Å². The summed E-state index contributed by atoms with van der Waals surface area (Å²) in [7, 11) is 0. The molecule has 2 N–H and O–H groups in total. The molecule has 1 aromatic heterocycles. The van der Waals surface area contributed by atoms with E-state index in [1.165, 1.54) is 13.0 Å². The summed E-state index contributed by atoms with van der Waals surface area (Å²) in [6.45, 7) is 1.54. The highest BCUT2D eigenvalue weighted by atomic mass is 16.3. The summed E-state index contributed by atoms with van der Waals surface area (Å²) >= 11 is 0. The highest BCUT2D eigenvalue weighted by Crippen LogP contribution is 2.00. The van der Waals surface area contributed by atoms with Crippen molar-refractivity contribution in [1.29, 1.82) is 0 Å². The first kappa shape index (κ1) is 9.89. The quantitative estimate of drug-likeness (QED) is 0.722. The lowest BCUT2D eigenvalue weighted by molar-refractivity contribution is 0.0624. The Bertz CT molecular complexity index is 270. The largest absolute Gasteiger partial charge is 0.390 e. The molecule has 0 amide bonds. The number of hydrogen-bond donors (Lipinski definition) is 2. The van der Waals surface area contributed by atoms with Crippen LogP contribution < -0.4 is 0 Å². The van der Waals surface area contributed by atoms with Crippen LogP contribution in [0.25, 0.3) is 6.08 Å². The van der Waals surface area contributed by atoms with Crippen LogP contribution in [0.1, 0.15) is 12.6 Å². The Morgan fingerprint density at radius 3 is 2.69 bits per heavy atom. The van der Waals surface area contributed by atoms with Crippen LogP contribution >= 0.6 is 0 Å². The van der Waals surface area contributed by atoms with Gasteiger partial charge in [-0.1, -0.05) is 12.1 Å². The fraction of sp³-hybridized carbons (Fsp3) is 0.300. The molecule has 0 saturated carbocycles. The van der Waals surface area contributed by atoms with Gasteiger partial charge in [-0.25, -0.2) is 0 Å². The predicted molar refractivity (Wildman–Crippen MR) is 51.0 cm³/mol. The minimum atomic E-state index is -0.831. The van der Waals surface area contributed by atoms with Crippen LogP contribution in [0.15, 0.2) is 30.5 Å². The molecule has 0 aliphatic rings. The number of rotatable bonds is 3. The van der Waals surface area contributed by atoms with E-state index in [1.54, 1.807) is 12.3 Å². The summed E-state index contributed by atoms with van der Waals surface area (Å²) < 4.78 is 0. The van der Waals surface area contributed by atoms with Gasteiger partial charge in [0, 0.05) is 6.20 Å². The number of hydrogen-bond acceptors (Lipinski definition) is 3. The zero-order chi connectivity index (χ0) is 9.68. The van der Waals surface area contributed by atoms with Gasteiger partial charge in [0.2, 0.25) is 0 Å². The monoisotopic (exact) mass is 179 g/mol. The van der Waals surface area contributed by atoms with Gasteiger partial charge in [-0.3, -0.25) is 4.98 Å². The molecule has 3 heteroatoms. The molecule has 70 valence electrons. The van der Waals surface area contributed by atoms with Gasteiger partial charge in [0.15, 0.2) is 0 Å². The third-order valence-corrected chi connectivity index (χ3v) is 1.65. The van der Waals surface area contributed by atoms with Crippen molar-refractivity contribution in [3.05, 3.63) is 36.2 Å². The van der Waals surface area contributed by atoms with Gasteiger partial charge in [-0.15, -0.1) is 0 Å². The molecule has 0 aliphatic heterocycles. The zero-order valence-electron chi connectivity index (χ0n) is 7.46. The standard InChI is InChI=1S/C10H13NO2/c1-8(12)10(13)6-5-9-4-2-3-7-11-9/h2-8,10,12-13H,1H3/b6-5+/t8-,10+/m0/s1. The maximum absolute atomic E-state index is 9.22. The van der Waals surface area contributed by atoms with Gasteiger partial charge < -0.3 is 10.2 Å². The van der Waals surface area contributed by atoms with E-state index in [0.29, 0.717) is 0 Å². The third kappa shape index (κ3) is 3.36. The first-order chi connectivity index (χ1) is 6.20. The van der Waals surface area contributed by atoms with Crippen LogP contribution in [0, 0.1) is 0 Å². The summed E-state index contributed by atoms with van der Waals surface area (Å²) in [6.07, 6.45) is 3.29. The van der Waals surface area contributed by atoms with Crippen LogP contribution in [-0.4, -0.2) is 27.4 Å². The van der Waals surface area contributed by atoms with Gasteiger partial charge in [-0.05, 0) is 25.1 Å². The first-order valence-electron chi connectivity index (χ1n) is 4.15. The van der Waals surface area contributed by atoms with Crippen molar-refractivity contribution >= 4 is 6.08 Å². The van der Waals surface area contributed by atoms with E-state index < -0.39 is 12.2 Å². The van der Waals surface area contributed by atoms with Gasteiger partial charge in [-0.2, -0.15) is 0 Å². The minimum absolute atomic E-state index is 0.750. The number of aliphatic hydroxyl groups excluding tert-OH is 2.